The van der Waals surface area contributed by atoms with Gasteiger partial charge in [0, 0.05) is 44.2 Å². The maximum atomic E-state index is 4.61. The van der Waals surface area contributed by atoms with Crippen LogP contribution in [0.1, 0.15) is 46.0 Å². The van der Waals surface area contributed by atoms with Crippen LogP contribution in [0.4, 0.5) is 11.6 Å². The van der Waals surface area contributed by atoms with Gasteiger partial charge in [-0.15, -0.1) is 0 Å². The quantitative estimate of drug-likeness (QED) is 0.772. The smallest absolute Gasteiger partial charge is 0.134 e. The fraction of sp³-hybridized carbons (Fsp3) is 0.750. The van der Waals surface area contributed by atoms with Gasteiger partial charge in [-0.1, -0.05) is 6.92 Å². The minimum Gasteiger partial charge on any atom is -0.373 e. The van der Waals surface area contributed by atoms with Gasteiger partial charge in [-0.05, 0) is 34.6 Å². The van der Waals surface area contributed by atoms with Crippen LogP contribution in [-0.2, 0) is 6.42 Å². The predicted molar refractivity (Wildman–Crippen MR) is 91.2 cm³/mol. The van der Waals surface area contributed by atoms with Crippen molar-refractivity contribution in [2.75, 3.05) is 30.8 Å². The molecule has 21 heavy (non-hydrogen) atoms. The van der Waals surface area contributed by atoms with Crippen LogP contribution in [0.2, 0.25) is 0 Å². The van der Waals surface area contributed by atoms with Crippen LogP contribution in [0.3, 0.4) is 0 Å². The van der Waals surface area contributed by atoms with Crippen molar-refractivity contribution in [3.63, 3.8) is 0 Å². The standard InChI is InChI=1S/C16H31N5/c1-8-14-19-15(17-7)13(6)16(20-14)18-9-10-21(11(2)3)12(4)5/h11-12H,8-10H2,1-7H3,(H2,17,18,19,20). The lowest BCUT2D eigenvalue weighted by molar-refractivity contribution is 0.182. The van der Waals surface area contributed by atoms with Gasteiger partial charge in [0.15, 0.2) is 0 Å². The lowest BCUT2D eigenvalue weighted by atomic mass is 10.2. The monoisotopic (exact) mass is 293 g/mol. The molecular formula is C16H31N5. The van der Waals surface area contributed by atoms with E-state index in [2.05, 4.69) is 67.0 Å². The molecule has 0 aliphatic carbocycles. The Morgan fingerprint density at radius 1 is 1.05 bits per heavy atom. The van der Waals surface area contributed by atoms with Crippen molar-refractivity contribution in [2.45, 2.75) is 60.0 Å². The minimum atomic E-state index is 0.553. The van der Waals surface area contributed by atoms with Crippen molar-refractivity contribution in [2.24, 2.45) is 0 Å². The van der Waals surface area contributed by atoms with Gasteiger partial charge in [0.1, 0.15) is 17.5 Å². The van der Waals surface area contributed by atoms with Crippen molar-refractivity contribution in [3.8, 4) is 0 Å². The number of nitrogens with zero attached hydrogens (tertiary/aromatic N) is 3. The van der Waals surface area contributed by atoms with Crippen LogP contribution in [-0.4, -0.2) is 47.1 Å². The third kappa shape index (κ3) is 4.84. The van der Waals surface area contributed by atoms with E-state index >= 15 is 0 Å². The summed E-state index contributed by atoms with van der Waals surface area (Å²) in [5.74, 6) is 2.73. The third-order valence-electron chi connectivity index (χ3n) is 3.73. The first-order valence-corrected chi connectivity index (χ1v) is 7.95. The van der Waals surface area contributed by atoms with E-state index < -0.39 is 0 Å². The van der Waals surface area contributed by atoms with Crippen molar-refractivity contribution >= 4 is 11.6 Å². The average molecular weight is 293 g/mol. The molecule has 0 unspecified atom stereocenters. The molecule has 0 saturated heterocycles. The van der Waals surface area contributed by atoms with Crippen LogP contribution in [0.5, 0.6) is 0 Å². The van der Waals surface area contributed by atoms with Gasteiger partial charge < -0.3 is 10.6 Å². The maximum Gasteiger partial charge on any atom is 0.134 e. The van der Waals surface area contributed by atoms with Gasteiger partial charge in [-0.3, -0.25) is 4.90 Å². The average Bonchev–Trinajstić information content (AvgIpc) is 2.44. The van der Waals surface area contributed by atoms with Gasteiger partial charge in [0.05, 0.1) is 0 Å². The summed E-state index contributed by atoms with van der Waals surface area (Å²) < 4.78 is 0. The summed E-state index contributed by atoms with van der Waals surface area (Å²) >= 11 is 0. The van der Waals surface area contributed by atoms with E-state index in [1.54, 1.807) is 0 Å². The van der Waals surface area contributed by atoms with E-state index in [-0.39, 0.29) is 0 Å². The summed E-state index contributed by atoms with van der Waals surface area (Å²) in [5, 5.41) is 6.61. The molecule has 0 amide bonds. The lowest BCUT2D eigenvalue weighted by Crippen LogP contribution is -2.40. The molecule has 0 atom stereocenters. The number of hydrogen-bond donors (Lipinski definition) is 2. The Labute approximate surface area is 129 Å². The van der Waals surface area contributed by atoms with Gasteiger partial charge in [0.2, 0.25) is 0 Å². The number of aromatic nitrogens is 2. The SMILES string of the molecule is CCc1nc(NC)c(C)c(NCCN(C(C)C)C(C)C)n1. The van der Waals surface area contributed by atoms with Crippen LogP contribution in [0, 0.1) is 6.92 Å². The molecule has 5 nitrogen and oxygen atoms in total. The van der Waals surface area contributed by atoms with Gasteiger partial charge in [-0.25, -0.2) is 9.97 Å². The van der Waals surface area contributed by atoms with Crippen LogP contribution in [0.15, 0.2) is 0 Å². The molecule has 0 aromatic carbocycles. The Hall–Kier alpha value is -1.36. The molecule has 1 heterocycles. The Morgan fingerprint density at radius 3 is 2.10 bits per heavy atom. The number of anilines is 2. The maximum absolute atomic E-state index is 4.61. The van der Waals surface area contributed by atoms with Gasteiger partial charge >= 0.3 is 0 Å². The number of hydrogen-bond acceptors (Lipinski definition) is 5. The summed E-state index contributed by atoms with van der Waals surface area (Å²) in [7, 11) is 1.90. The molecular weight excluding hydrogens is 262 g/mol. The molecule has 5 heteroatoms. The zero-order valence-corrected chi connectivity index (χ0v) is 14.6. The highest BCUT2D eigenvalue weighted by atomic mass is 15.2. The van der Waals surface area contributed by atoms with E-state index in [1.165, 1.54) is 0 Å². The van der Waals surface area contributed by atoms with Crippen LogP contribution in [0.25, 0.3) is 0 Å². The molecule has 0 fully saturated rings. The van der Waals surface area contributed by atoms with E-state index in [9.17, 15) is 0 Å². The van der Waals surface area contributed by atoms with E-state index in [4.69, 9.17) is 0 Å². The molecule has 0 spiro atoms. The summed E-state index contributed by atoms with van der Waals surface area (Å²) in [6.45, 7) is 15.0. The highest BCUT2D eigenvalue weighted by molar-refractivity contribution is 5.56. The predicted octanol–water partition coefficient (Wildman–Crippen LogP) is 2.92. The number of nitrogens with one attached hydrogen (secondary N) is 2. The Morgan fingerprint density at radius 2 is 1.62 bits per heavy atom. The second-order valence-electron chi connectivity index (χ2n) is 5.92. The van der Waals surface area contributed by atoms with Gasteiger partial charge in [-0.2, -0.15) is 0 Å². The summed E-state index contributed by atoms with van der Waals surface area (Å²) in [6, 6.07) is 1.11. The molecule has 2 N–H and O–H groups in total. The van der Waals surface area contributed by atoms with E-state index in [0.717, 1.165) is 42.5 Å². The minimum absolute atomic E-state index is 0.553. The molecule has 120 valence electrons. The molecule has 0 saturated carbocycles. The molecule has 1 aromatic rings. The normalized spacial score (nSPS) is 11.5. The van der Waals surface area contributed by atoms with Crippen LogP contribution < -0.4 is 10.6 Å². The summed E-state index contributed by atoms with van der Waals surface area (Å²) in [6.07, 6.45) is 0.841. The first-order chi connectivity index (χ1) is 9.90. The Kier molecular flexibility index (Phi) is 6.89. The molecule has 1 aromatic heterocycles. The van der Waals surface area contributed by atoms with Crippen molar-refractivity contribution in [1.29, 1.82) is 0 Å². The molecule has 0 aliphatic rings. The third-order valence-corrected chi connectivity index (χ3v) is 3.73. The molecule has 0 radical (unpaired) electrons. The zero-order valence-electron chi connectivity index (χ0n) is 14.6. The highest BCUT2D eigenvalue weighted by Crippen LogP contribution is 2.19. The van der Waals surface area contributed by atoms with Crippen molar-refractivity contribution < 1.29 is 0 Å². The largest absolute Gasteiger partial charge is 0.373 e. The topological polar surface area (TPSA) is 53.1 Å². The van der Waals surface area contributed by atoms with E-state index in [1.807, 2.05) is 7.05 Å². The summed E-state index contributed by atoms with van der Waals surface area (Å²) in [5.41, 5.74) is 1.08. The molecule has 1 rings (SSSR count). The molecule has 0 bridgehead atoms. The number of rotatable bonds is 8. The first-order valence-electron chi connectivity index (χ1n) is 7.95. The van der Waals surface area contributed by atoms with Crippen molar-refractivity contribution in [1.82, 2.24) is 14.9 Å². The summed E-state index contributed by atoms with van der Waals surface area (Å²) in [4.78, 5) is 11.6. The first kappa shape index (κ1) is 17.7. The molecule has 0 aliphatic heterocycles. The Balaban J connectivity index is 2.75. The van der Waals surface area contributed by atoms with Crippen LogP contribution >= 0.6 is 0 Å². The fourth-order valence-corrected chi connectivity index (χ4v) is 2.55. The fourth-order valence-electron chi connectivity index (χ4n) is 2.55. The lowest BCUT2D eigenvalue weighted by Gasteiger charge is -2.30. The van der Waals surface area contributed by atoms with Crippen molar-refractivity contribution in [3.05, 3.63) is 11.4 Å². The zero-order chi connectivity index (χ0) is 16.0. The second-order valence-corrected chi connectivity index (χ2v) is 5.92. The number of aryl methyl sites for hydroxylation is 1. The van der Waals surface area contributed by atoms with E-state index in [0.29, 0.717) is 12.1 Å². The second kappa shape index (κ2) is 8.17. The van der Waals surface area contributed by atoms with Gasteiger partial charge in [0.25, 0.3) is 0 Å². The Bertz CT molecular complexity index is 435. The highest BCUT2D eigenvalue weighted by Gasteiger charge is 2.13.